The Morgan fingerprint density at radius 1 is 1.07 bits per heavy atom. The molecule has 0 saturated carbocycles. The second kappa shape index (κ2) is 8.81. The van der Waals surface area contributed by atoms with E-state index in [2.05, 4.69) is 63.3 Å². The van der Waals surface area contributed by atoms with Crippen molar-refractivity contribution in [2.75, 3.05) is 18.4 Å². The molecule has 4 aromatic rings. The molecular formula is C23H23ClFN5. The van der Waals surface area contributed by atoms with Crippen molar-refractivity contribution in [1.82, 2.24) is 19.9 Å². The molecule has 0 aliphatic heterocycles. The second-order valence-electron chi connectivity index (χ2n) is 7.08. The van der Waals surface area contributed by atoms with Crippen molar-refractivity contribution >= 4 is 34.1 Å². The zero-order valence-corrected chi connectivity index (χ0v) is 17.7. The van der Waals surface area contributed by atoms with Crippen molar-refractivity contribution in [3.05, 3.63) is 71.3 Å². The number of halogens is 2. The minimum Gasteiger partial charge on any atom is -0.340 e. The van der Waals surface area contributed by atoms with E-state index in [9.17, 15) is 4.39 Å². The Morgan fingerprint density at radius 3 is 2.67 bits per heavy atom. The first-order valence-electron chi connectivity index (χ1n) is 9.94. The van der Waals surface area contributed by atoms with Gasteiger partial charge in [0.2, 0.25) is 0 Å². The van der Waals surface area contributed by atoms with Crippen LogP contribution >= 0.6 is 11.6 Å². The summed E-state index contributed by atoms with van der Waals surface area (Å²) < 4.78 is 13.4. The largest absolute Gasteiger partial charge is 0.340 e. The molecule has 2 N–H and O–H groups in total. The van der Waals surface area contributed by atoms with Crippen LogP contribution in [0.4, 0.5) is 15.9 Å². The number of aromatic amines is 1. The average molecular weight is 424 g/mol. The van der Waals surface area contributed by atoms with Crippen LogP contribution in [0.1, 0.15) is 19.4 Å². The van der Waals surface area contributed by atoms with Gasteiger partial charge in [-0.15, -0.1) is 0 Å². The van der Waals surface area contributed by atoms with Crippen molar-refractivity contribution in [1.29, 1.82) is 0 Å². The molecule has 154 valence electrons. The first-order chi connectivity index (χ1) is 14.6. The summed E-state index contributed by atoms with van der Waals surface area (Å²) in [5.74, 6) is 0.174. The maximum Gasteiger partial charge on any atom is 0.143 e. The molecule has 7 heteroatoms. The van der Waals surface area contributed by atoms with E-state index in [1.54, 1.807) is 6.07 Å². The van der Waals surface area contributed by atoms with Crippen LogP contribution in [0.3, 0.4) is 0 Å². The molecule has 0 bridgehead atoms. The van der Waals surface area contributed by atoms with Crippen LogP contribution < -0.4 is 5.32 Å². The normalized spacial score (nSPS) is 11.4. The highest BCUT2D eigenvalue weighted by molar-refractivity contribution is 6.31. The number of H-pyrrole nitrogens is 1. The average Bonchev–Trinajstić information content (AvgIpc) is 3.20. The van der Waals surface area contributed by atoms with E-state index < -0.39 is 5.82 Å². The van der Waals surface area contributed by atoms with Crippen LogP contribution in [-0.4, -0.2) is 32.9 Å². The Labute approximate surface area is 179 Å². The van der Waals surface area contributed by atoms with E-state index in [1.165, 1.54) is 24.0 Å². The Kier molecular flexibility index (Phi) is 5.97. The molecule has 30 heavy (non-hydrogen) atoms. The SMILES string of the molecule is CCN(CC)Cc1cccc(-c2cc3c(Nc4ccc(F)c(Cl)c4)ncnc3[nH]2)c1. The molecule has 0 atom stereocenters. The van der Waals surface area contributed by atoms with Gasteiger partial charge in [0.25, 0.3) is 0 Å². The first-order valence-corrected chi connectivity index (χ1v) is 10.3. The third-order valence-corrected chi connectivity index (χ3v) is 5.44. The van der Waals surface area contributed by atoms with Crippen LogP contribution in [0.5, 0.6) is 0 Å². The van der Waals surface area contributed by atoms with Gasteiger partial charge in [-0.1, -0.05) is 43.6 Å². The molecule has 4 rings (SSSR count). The van der Waals surface area contributed by atoms with Gasteiger partial charge in [0, 0.05) is 17.9 Å². The number of nitrogens with zero attached hydrogens (tertiary/aromatic N) is 3. The van der Waals surface area contributed by atoms with E-state index in [-0.39, 0.29) is 5.02 Å². The first kappa shape index (κ1) is 20.3. The van der Waals surface area contributed by atoms with Gasteiger partial charge >= 0.3 is 0 Å². The zero-order chi connectivity index (χ0) is 21.1. The zero-order valence-electron chi connectivity index (χ0n) is 16.9. The van der Waals surface area contributed by atoms with Gasteiger partial charge in [-0.3, -0.25) is 4.90 Å². The van der Waals surface area contributed by atoms with E-state index in [0.717, 1.165) is 41.9 Å². The number of aromatic nitrogens is 3. The van der Waals surface area contributed by atoms with Crippen molar-refractivity contribution in [2.24, 2.45) is 0 Å². The maximum absolute atomic E-state index is 13.4. The Morgan fingerprint density at radius 2 is 1.90 bits per heavy atom. The molecule has 0 amide bonds. The van der Waals surface area contributed by atoms with Gasteiger partial charge in [0.15, 0.2) is 0 Å². The number of anilines is 2. The minimum absolute atomic E-state index is 0.0603. The van der Waals surface area contributed by atoms with Gasteiger partial charge < -0.3 is 10.3 Å². The standard InChI is InChI=1S/C23H23ClFN5/c1-3-30(4-2)13-15-6-5-7-16(10-15)21-12-18-22(26-14-27-23(18)29-21)28-17-8-9-20(25)19(24)11-17/h5-12,14H,3-4,13H2,1-2H3,(H2,26,27,28,29). The summed E-state index contributed by atoms with van der Waals surface area (Å²) in [6.45, 7) is 7.30. The highest BCUT2D eigenvalue weighted by atomic mass is 35.5. The molecule has 0 aliphatic carbocycles. The van der Waals surface area contributed by atoms with Crippen molar-refractivity contribution in [3.63, 3.8) is 0 Å². The van der Waals surface area contributed by atoms with E-state index >= 15 is 0 Å². The van der Waals surface area contributed by atoms with E-state index in [0.29, 0.717) is 11.5 Å². The predicted octanol–water partition coefficient (Wildman–Crippen LogP) is 6.00. The van der Waals surface area contributed by atoms with Gasteiger partial charge in [0.1, 0.15) is 23.6 Å². The number of hydrogen-bond donors (Lipinski definition) is 2. The van der Waals surface area contributed by atoms with Gasteiger partial charge in [-0.2, -0.15) is 0 Å². The molecule has 0 unspecified atom stereocenters. The summed E-state index contributed by atoms with van der Waals surface area (Å²) in [5.41, 5.74) is 4.70. The number of nitrogens with one attached hydrogen (secondary N) is 2. The molecular weight excluding hydrogens is 401 g/mol. The van der Waals surface area contributed by atoms with E-state index in [1.807, 2.05) is 6.07 Å². The molecule has 2 heterocycles. The van der Waals surface area contributed by atoms with Gasteiger partial charge in [-0.25, -0.2) is 14.4 Å². The monoisotopic (exact) mass is 423 g/mol. The predicted molar refractivity (Wildman–Crippen MR) is 121 cm³/mol. The fourth-order valence-electron chi connectivity index (χ4n) is 3.45. The molecule has 0 spiro atoms. The minimum atomic E-state index is -0.455. The summed E-state index contributed by atoms with van der Waals surface area (Å²) in [6, 6.07) is 15.0. The number of benzene rings is 2. The highest BCUT2D eigenvalue weighted by Gasteiger charge is 2.11. The number of rotatable bonds is 7. The summed E-state index contributed by atoms with van der Waals surface area (Å²) in [5, 5.41) is 4.11. The molecule has 0 saturated heterocycles. The summed E-state index contributed by atoms with van der Waals surface area (Å²) in [6.07, 6.45) is 1.49. The molecule has 2 aromatic heterocycles. The lowest BCUT2D eigenvalue weighted by Gasteiger charge is -2.18. The van der Waals surface area contributed by atoms with Gasteiger partial charge in [-0.05, 0) is 54.5 Å². The Hall–Kier alpha value is -2.96. The van der Waals surface area contributed by atoms with E-state index in [4.69, 9.17) is 11.6 Å². The fraction of sp³-hybridized carbons (Fsp3) is 0.217. The third-order valence-electron chi connectivity index (χ3n) is 5.15. The Bertz CT molecular complexity index is 1170. The maximum atomic E-state index is 13.4. The molecule has 2 aromatic carbocycles. The summed E-state index contributed by atoms with van der Waals surface area (Å²) in [4.78, 5) is 14.5. The lowest BCUT2D eigenvalue weighted by atomic mass is 10.1. The van der Waals surface area contributed by atoms with Crippen LogP contribution in [0, 0.1) is 5.82 Å². The fourth-order valence-corrected chi connectivity index (χ4v) is 3.63. The number of fused-ring (bicyclic) bond motifs is 1. The summed E-state index contributed by atoms with van der Waals surface area (Å²) in [7, 11) is 0. The highest BCUT2D eigenvalue weighted by Crippen LogP contribution is 2.30. The second-order valence-corrected chi connectivity index (χ2v) is 7.49. The topological polar surface area (TPSA) is 56.8 Å². The molecule has 5 nitrogen and oxygen atoms in total. The third kappa shape index (κ3) is 4.30. The molecule has 0 aliphatic rings. The molecule has 0 radical (unpaired) electrons. The van der Waals surface area contributed by atoms with Crippen LogP contribution in [0.25, 0.3) is 22.3 Å². The molecule has 0 fully saturated rings. The van der Waals surface area contributed by atoms with Gasteiger partial charge in [0.05, 0.1) is 10.4 Å². The number of hydrogen-bond acceptors (Lipinski definition) is 4. The van der Waals surface area contributed by atoms with Crippen LogP contribution in [0.2, 0.25) is 5.02 Å². The van der Waals surface area contributed by atoms with Crippen molar-refractivity contribution < 1.29 is 4.39 Å². The van der Waals surface area contributed by atoms with Crippen LogP contribution in [-0.2, 0) is 6.54 Å². The van der Waals surface area contributed by atoms with Crippen molar-refractivity contribution in [3.8, 4) is 11.3 Å². The van der Waals surface area contributed by atoms with Crippen molar-refractivity contribution in [2.45, 2.75) is 20.4 Å². The lowest BCUT2D eigenvalue weighted by Crippen LogP contribution is -2.22. The lowest BCUT2D eigenvalue weighted by molar-refractivity contribution is 0.296. The summed E-state index contributed by atoms with van der Waals surface area (Å²) >= 11 is 5.90. The Balaban J connectivity index is 1.66. The van der Waals surface area contributed by atoms with Crippen LogP contribution in [0.15, 0.2) is 54.9 Å². The smallest absolute Gasteiger partial charge is 0.143 e. The quantitative estimate of drug-likeness (QED) is 0.382.